The fourth-order valence-electron chi connectivity index (χ4n) is 3.65. The second-order valence-corrected chi connectivity index (χ2v) is 7.77. The summed E-state index contributed by atoms with van der Waals surface area (Å²) in [4.78, 5) is 4.07. The summed E-state index contributed by atoms with van der Waals surface area (Å²) in [5.41, 5.74) is -0.177. The van der Waals surface area contributed by atoms with Crippen molar-refractivity contribution in [1.82, 2.24) is 29.9 Å². The highest BCUT2D eigenvalue weighted by atomic mass is 32.1. The van der Waals surface area contributed by atoms with Crippen molar-refractivity contribution in [3.63, 3.8) is 0 Å². The second kappa shape index (κ2) is 8.20. The molecule has 2 heterocycles. The van der Waals surface area contributed by atoms with Crippen LogP contribution < -0.4 is 0 Å². The number of halogens is 2. The molecule has 0 spiro atoms. The molecule has 0 saturated heterocycles. The smallest absolute Gasteiger partial charge is 0.188 e. The zero-order valence-corrected chi connectivity index (χ0v) is 17.7. The highest BCUT2D eigenvalue weighted by molar-refractivity contribution is 7.80. The Kier molecular flexibility index (Phi) is 5.59. The van der Waals surface area contributed by atoms with E-state index in [4.69, 9.17) is 0 Å². The van der Waals surface area contributed by atoms with Gasteiger partial charge in [-0.3, -0.25) is 5.10 Å². The van der Waals surface area contributed by atoms with Crippen LogP contribution in [0.3, 0.4) is 0 Å². The number of hydrogen-bond donors (Lipinski definition) is 3. The molecule has 0 radical (unpaired) electrons. The van der Waals surface area contributed by atoms with Gasteiger partial charge in [0.25, 0.3) is 0 Å². The van der Waals surface area contributed by atoms with Gasteiger partial charge in [-0.1, -0.05) is 37.3 Å². The van der Waals surface area contributed by atoms with Crippen molar-refractivity contribution in [2.24, 2.45) is 7.05 Å². The summed E-state index contributed by atoms with van der Waals surface area (Å²) in [6.45, 7) is 1.78. The maximum atomic E-state index is 14.7. The zero-order valence-electron chi connectivity index (χ0n) is 16.8. The lowest BCUT2D eigenvalue weighted by molar-refractivity contribution is 0.00742. The first-order valence-corrected chi connectivity index (χ1v) is 9.95. The Morgan fingerprint density at radius 3 is 2.48 bits per heavy atom. The molecule has 7 nitrogen and oxygen atoms in total. The van der Waals surface area contributed by atoms with Gasteiger partial charge >= 0.3 is 0 Å². The van der Waals surface area contributed by atoms with Crippen LogP contribution in [0.25, 0.3) is 11.4 Å². The summed E-state index contributed by atoms with van der Waals surface area (Å²) in [5, 5.41) is 26.8. The number of benzene rings is 2. The van der Waals surface area contributed by atoms with Crippen molar-refractivity contribution in [1.29, 1.82) is 0 Å². The molecule has 160 valence electrons. The van der Waals surface area contributed by atoms with Crippen molar-refractivity contribution in [3.05, 3.63) is 77.4 Å². The average Bonchev–Trinajstić information content (AvgIpc) is 3.37. The van der Waals surface area contributed by atoms with Crippen LogP contribution in [0.1, 0.15) is 29.8 Å². The number of aliphatic hydroxyl groups is 1. The van der Waals surface area contributed by atoms with Gasteiger partial charge in [-0.05, 0) is 11.6 Å². The van der Waals surface area contributed by atoms with E-state index in [2.05, 4.69) is 38.0 Å². The van der Waals surface area contributed by atoms with Crippen LogP contribution in [0.2, 0.25) is 0 Å². The number of rotatable bonds is 6. The van der Waals surface area contributed by atoms with Crippen LogP contribution in [-0.2, 0) is 19.1 Å². The molecular weight excluding hydrogens is 422 g/mol. The van der Waals surface area contributed by atoms with Gasteiger partial charge in [0, 0.05) is 36.6 Å². The summed E-state index contributed by atoms with van der Waals surface area (Å²) in [6, 6.07) is 10.5. The number of aromatic amines is 1. The molecule has 4 aromatic rings. The Morgan fingerprint density at radius 1 is 1.16 bits per heavy atom. The third kappa shape index (κ3) is 3.96. The monoisotopic (exact) mass is 442 g/mol. The van der Waals surface area contributed by atoms with Crippen LogP contribution in [-0.4, -0.2) is 35.1 Å². The number of H-pyrrole nitrogens is 1. The largest absolute Gasteiger partial charge is 0.384 e. The molecule has 0 fully saturated rings. The van der Waals surface area contributed by atoms with E-state index in [9.17, 15) is 13.9 Å². The van der Waals surface area contributed by atoms with E-state index in [1.54, 1.807) is 18.5 Å². The second-order valence-electron chi connectivity index (χ2n) is 7.37. The normalized spacial score (nSPS) is 14.4. The Labute approximate surface area is 182 Å². The molecule has 2 N–H and O–H groups in total. The van der Waals surface area contributed by atoms with Gasteiger partial charge in [0.1, 0.15) is 23.6 Å². The fraction of sp³-hybridized carbons (Fsp3) is 0.238. The van der Waals surface area contributed by atoms with E-state index < -0.39 is 23.2 Å². The molecule has 0 amide bonds. The van der Waals surface area contributed by atoms with Crippen LogP contribution in [0.4, 0.5) is 8.78 Å². The maximum Gasteiger partial charge on any atom is 0.188 e. The molecule has 10 heteroatoms. The summed E-state index contributed by atoms with van der Waals surface area (Å²) < 4.78 is 30.0. The molecule has 0 saturated carbocycles. The number of thiol groups is 1. The van der Waals surface area contributed by atoms with Crippen LogP contribution in [0, 0.1) is 11.6 Å². The SMILES string of the molecule is C[C@@H](c1ccc(-c2nnc(S)n2C)cc1)[C@](O)(Cc1nc[nH]n1)c1ccc(F)cc1F. The molecule has 4 rings (SSSR count). The predicted octanol–water partition coefficient (Wildman–Crippen LogP) is 3.40. The van der Waals surface area contributed by atoms with Crippen molar-refractivity contribution in [3.8, 4) is 11.4 Å². The van der Waals surface area contributed by atoms with Crippen molar-refractivity contribution in [2.45, 2.75) is 30.0 Å². The fourth-order valence-corrected chi connectivity index (χ4v) is 3.79. The first-order chi connectivity index (χ1) is 14.8. The lowest BCUT2D eigenvalue weighted by Crippen LogP contribution is -2.36. The van der Waals surface area contributed by atoms with Gasteiger partial charge in [-0.25, -0.2) is 13.8 Å². The highest BCUT2D eigenvalue weighted by Crippen LogP contribution is 2.40. The van der Waals surface area contributed by atoms with Gasteiger partial charge in [0.2, 0.25) is 0 Å². The molecule has 31 heavy (non-hydrogen) atoms. The predicted molar refractivity (Wildman–Crippen MR) is 112 cm³/mol. The molecule has 2 aromatic heterocycles. The van der Waals surface area contributed by atoms with Gasteiger partial charge in [-0.15, -0.1) is 22.8 Å². The molecular formula is C21H20F2N6OS. The lowest BCUT2D eigenvalue weighted by atomic mass is 9.75. The summed E-state index contributed by atoms with van der Waals surface area (Å²) in [6.07, 6.45) is 1.32. The Balaban J connectivity index is 1.73. The summed E-state index contributed by atoms with van der Waals surface area (Å²) in [5.74, 6) is -1.16. The van der Waals surface area contributed by atoms with Gasteiger partial charge in [0.05, 0.1) is 0 Å². The molecule has 0 aliphatic rings. The van der Waals surface area contributed by atoms with Gasteiger partial charge in [0.15, 0.2) is 16.8 Å². The topological polar surface area (TPSA) is 92.5 Å². The van der Waals surface area contributed by atoms with Gasteiger partial charge in [-0.2, -0.15) is 5.10 Å². The first kappa shape index (κ1) is 21.1. The van der Waals surface area contributed by atoms with Crippen molar-refractivity contribution >= 4 is 12.6 Å². The van der Waals surface area contributed by atoms with E-state index in [0.717, 1.165) is 23.3 Å². The average molecular weight is 442 g/mol. The van der Waals surface area contributed by atoms with E-state index in [1.165, 1.54) is 12.4 Å². The van der Waals surface area contributed by atoms with Crippen LogP contribution in [0.5, 0.6) is 0 Å². The molecule has 0 bridgehead atoms. The van der Waals surface area contributed by atoms with Crippen molar-refractivity contribution < 1.29 is 13.9 Å². The molecule has 2 aromatic carbocycles. The van der Waals surface area contributed by atoms with E-state index in [-0.39, 0.29) is 12.0 Å². The molecule has 2 atom stereocenters. The molecule has 0 aliphatic carbocycles. The third-order valence-electron chi connectivity index (χ3n) is 5.53. The van der Waals surface area contributed by atoms with Crippen LogP contribution >= 0.6 is 12.6 Å². The standard InChI is InChI=1S/C21H20F2N6OS/c1-12(13-3-5-14(6-4-13)19-27-28-20(31)29(19)2)21(30,10-18-24-11-25-26-18)16-8-7-15(22)9-17(16)23/h3-9,11-12,30H,10H2,1-2H3,(H,28,31)(H,24,25,26)/t12-,21+/m0/s1. The molecule has 0 aliphatic heterocycles. The minimum absolute atomic E-state index is 0.0247. The summed E-state index contributed by atoms with van der Waals surface area (Å²) >= 11 is 4.24. The van der Waals surface area contributed by atoms with E-state index >= 15 is 0 Å². The molecule has 0 unspecified atom stereocenters. The van der Waals surface area contributed by atoms with Crippen LogP contribution in [0.15, 0.2) is 53.9 Å². The summed E-state index contributed by atoms with van der Waals surface area (Å²) in [7, 11) is 1.81. The van der Waals surface area contributed by atoms with E-state index in [0.29, 0.717) is 16.8 Å². The Hall–Kier alpha value is -3.11. The quantitative estimate of drug-likeness (QED) is 0.398. The number of hydrogen-bond acceptors (Lipinski definition) is 6. The minimum atomic E-state index is -1.72. The number of nitrogens with zero attached hydrogens (tertiary/aromatic N) is 5. The van der Waals surface area contributed by atoms with Gasteiger partial charge < -0.3 is 9.67 Å². The maximum absolute atomic E-state index is 14.7. The number of nitrogens with one attached hydrogen (secondary N) is 1. The highest BCUT2D eigenvalue weighted by Gasteiger charge is 2.40. The minimum Gasteiger partial charge on any atom is -0.384 e. The lowest BCUT2D eigenvalue weighted by Gasteiger charge is -2.34. The zero-order chi connectivity index (χ0) is 22.2. The first-order valence-electron chi connectivity index (χ1n) is 9.51. The van der Waals surface area contributed by atoms with Crippen molar-refractivity contribution in [2.75, 3.05) is 0 Å². The third-order valence-corrected chi connectivity index (χ3v) is 5.92. The Bertz CT molecular complexity index is 1200. The Morgan fingerprint density at radius 2 is 1.90 bits per heavy atom. The number of aromatic nitrogens is 6. The van der Waals surface area contributed by atoms with E-state index in [1.807, 2.05) is 24.3 Å².